The van der Waals surface area contributed by atoms with Crippen molar-refractivity contribution in [2.75, 3.05) is 18.8 Å². The third kappa shape index (κ3) is 5.98. The summed E-state index contributed by atoms with van der Waals surface area (Å²) < 4.78 is 42.0. The van der Waals surface area contributed by atoms with Crippen LogP contribution in [-0.2, 0) is 9.53 Å². The number of ether oxygens (including phenoxy) is 1. The second kappa shape index (κ2) is 10.3. The molecule has 1 saturated carbocycles. The molecule has 0 aromatic carbocycles. The maximum Gasteiger partial charge on any atom is 0.491 e. The number of thioether (sulfide) groups is 1. The van der Waals surface area contributed by atoms with Crippen LogP contribution in [0.3, 0.4) is 0 Å². The van der Waals surface area contributed by atoms with Crippen molar-refractivity contribution in [2.24, 2.45) is 11.2 Å². The first-order valence-electron chi connectivity index (χ1n) is 9.44. The van der Waals surface area contributed by atoms with Gasteiger partial charge in [-0.15, -0.1) is 4.91 Å². The van der Waals surface area contributed by atoms with Crippen LogP contribution >= 0.6 is 11.8 Å². The summed E-state index contributed by atoms with van der Waals surface area (Å²) in [4.78, 5) is 23.9. The molecule has 2 rings (SSSR count). The van der Waals surface area contributed by atoms with E-state index in [2.05, 4.69) is 16.9 Å². The lowest BCUT2D eigenvalue weighted by molar-refractivity contribution is -0.206. The summed E-state index contributed by atoms with van der Waals surface area (Å²) in [5.74, 6) is -1.51. The number of esters is 1. The van der Waals surface area contributed by atoms with Crippen molar-refractivity contribution in [1.29, 1.82) is 5.26 Å². The van der Waals surface area contributed by atoms with Gasteiger partial charge in [-0.25, -0.2) is 9.69 Å². The summed E-state index contributed by atoms with van der Waals surface area (Å²) in [7, 11) is 0. The Morgan fingerprint density at radius 3 is 2.79 bits per heavy atom. The average Bonchev–Trinajstić information content (AvgIpc) is 3.04. The zero-order valence-corrected chi connectivity index (χ0v) is 16.5. The topological polar surface area (TPSA) is 86.0 Å². The maximum atomic E-state index is 12.5. The Hall–Kier alpha value is -1.54. The molecule has 0 N–H and O–H groups in total. The van der Waals surface area contributed by atoms with E-state index in [1.165, 1.54) is 9.91 Å². The van der Waals surface area contributed by atoms with E-state index >= 15 is 0 Å². The summed E-state index contributed by atoms with van der Waals surface area (Å²) in [6, 6.07) is 1.31. The Bertz CT molecular complexity index is 585. The van der Waals surface area contributed by atoms with E-state index in [9.17, 15) is 28.1 Å². The van der Waals surface area contributed by atoms with Gasteiger partial charge in [-0.1, -0.05) is 44.4 Å². The van der Waals surface area contributed by atoms with Crippen LogP contribution in [0.5, 0.6) is 0 Å². The minimum atomic E-state index is -5.09. The van der Waals surface area contributed by atoms with Gasteiger partial charge in [-0.3, -0.25) is 5.01 Å². The zero-order valence-electron chi connectivity index (χ0n) is 15.7. The molecular formula is C17H25F3N4O3S. The van der Waals surface area contributed by atoms with Crippen LogP contribution in [-0.4, -0.2) is 58.5 Å². The number of halogens is 3. The largest absolute Gasteiger partial charge is 0.491 e. The fourth-order valence-corrected chi connectivity index (χ4v) is 5.07. The molecule has 0 bridgehead atoms. The summed E-state index contributed by atoms with van der Waals surface area (Å²) in [6.07, 6.45) is 0.922. The Balaban J connectivity index is 1.96. The van der Waals surface area contributed by atoms with Crippen LogP contribution in [0.15, 0.2) is 5.29 Å². The first-order valence-corrected chi connectivity index (χ1v) is 10.5. The van der Waals surface area contributed by atoms with Gasteiger partial charge < -0.3 is 4.74 Å². The van der Waals surface area contributed by atoms with Gasteiger partial charge in [0, 0.05) is 12.3 Å². The molecule has 158 valence electrons. The second-order valence-electron chi connectivity index (χ2n) is 7.15. The number of nitriles is 1. The van der Waals surface area contributed by atoms with Crippen molar-refractivity contribution in [2.45, 2.75) is 69.3 Å². The van der Waals surface area contributed by atoms with Crippen LogP contribution in [0.4, 0.5) is 13.2 Å². The molecule has 11 heteroatoms. The standard InChI is InChI=1S/C17H25F3N4O3S/c1-2-4-12-5-3-6-13(9-12)24(22-26)8-7-23-14(10-21)11-28-16(23)27-15(25)17(18,19)20/h12-14,16H,2-9,11H2,1H3. The molecule has 1 aliphatic heterocycles. The van der Waals surface area contributed by atoms with Crippen molar-refractivity contribution < 1.29 is 22.7 Å². The van der Waals surface area contributed by atoms with Gasteiger partial charge in [0.1, 0.15) is 6.04 Å². The summed E-state index contributed by atoms with van der Waals surface area (Å²) in [5.41, 5.74) is -1.20. The van der Waals surface area contributed by atoms with Gasteiger partial charge in [0.05, 0.1) is 23.9 Å². The number of nitroso groups, excluding NO2 is 1. The molecule has 4 unspecified atom stereocenters. The average molecular weight is 422 g/mol. The minimum absolute atomic E-state index is 0.00485. The lowest BCUT2D eigenvalue weighted by Gasteiger charge is -2.35. The van der Waals surface area contributed by atoms with Crippen LogP contribution < -0.4 is 0 Å². The predicted octanol–water partition coefficient (Wildman–Crippen LogP) is 3.66. The van der Waals surface area contributed by atoms with Gasteiger partial charge in [0.25, 0.3) is 0 Å². The number of rotatable bonds is 8. The van der Waals surface area contributed by atoms with Crippen molar-refractivity contribution in [3.63, 3.8) is 0 Å². The molecule has 2 aliphatic rings. The molecule has 2 fully saturated rings. The number of carbonyl (C=O) groups is 1. The van der Waals surface area contributed by atoms with Gasteiger partial charge >= 0.3 is 12.1 Å². The van der Waals surface area contributed by atoms with Crippen LogP contribution in [0.1, 0.15) is 45.4 Å². The highest BCUT2D eigenvalue weighted by Gasteiger charge is 2.46. The van der Waals surface area contributed by atoms with Crippen molar-refractivity contribution in [3.8, 4) is 6.07 Å². The van der Waals surface area contributed by atoms with E-state index in [0.717, 1.165) is 50.3 Å². The molecule has 1 aliphatic carbocycles. The SMILES string of the molecule is CCCC1CCCC(N(CCN2C(C#N)CSC2OC(=O)C(F)(F)F)N=O)C1. The molecular weight excluding hydrogens is 397 g/mol. The monoisotopic (exact) mass is 422 g/mol. The molecule has 0 radical (unpaired) electrons. The van der Waals surface area contributed by atoms with E-state index in [1.54, 1.807) is 0 Å². The molecule has 4 atom stereocenters. The maximum absolute atomic E-state index is 12.5. The van der Waals surface area contributed by atoms with E-state index < -0.39 is 23.7 Å². The Morgan fingerprint density at radius 1 is 1.43 bits per heavy atom. The number of carbonyl (C=O) groups excluding carboxylic acids is 1. The fraction of sp³-hybridized carbons (Fsp3) is 0.882. The van der Waals surface area contributed by atoms with Crippen molar-refractivity contribution in [3.05, 3.63) is 4.91 Å². The first kappa shape index (κ1) is 22.7. The minimum Gasteiger partial charge on any atom is -0.430 e. The Labute approximate surface area is 166 Å². The van der Waals surface area contributed by atoms with Crippen LogP contribution in [0.25, 0.3) is 0 Å². The molecule has 1 saturated heterocycles. The lowest BCUT2D eigenvalue weighted by atomic mass is 9.83. The zero-order chi connectivity index (χ0) is 20.7. The van der Waals surface area contributed by atoms with Gasteiger partial charge in [-0.05, 0) is 18.8 Å². The number of nitrogens with zero attached hydrogens (tertiary/aromatic N) is 4. The lowest BCUT2D eigenvalue weighted by Crippen LogP contribution is -2.45. The van der Waals surface area contributed by atoms with Crippen molar-refractivity contribution in [1.82, 2.24) is 9.91 Å². The number of hydrogen-bond donors (Lipinski definition) is 0. The van der Waals surface area contributed by atoms with Crippen molar-refractivity contribution >= 4 is 17.7 Å². The smallest absolute Gasteiger partial charge is 0.430 e. The van der Waals surface area contributed by atoms with E-state index in [4.69, 9.17) is 0 Å². The third-order valence-electron chi connectivity index (χ3n) is 5.22. The Morgan fingerprint density at radius 2 is 2.18 bits per heavy atom. The Kier molecular flexibility index (Phi) is 8.37. The molecule has 28 heavy (non-hydrogen) atoms. The molecule has 0 aromatic heterocycles. The second-order valence-corrected chi connectivity index (χ2v) is 8.22. The van der Waals surface area contributed by atoms with Crippen LogP contribution in [0, 0.1) is 22.2 Å². The highest BCUT2D eigenvalue weighted by atomic mass is 32.2. The predicted molar refractivity (Wildman–Crippen MR) is 97.7 cm³/mol. The van der Waals surface area contributed by atoms with Crippen LogP contribution in [0.2, 0.25) is 0 Å². The molecule has 1 heterocycles. The quantitative estimate of drug-likeness (QED) is 0.335. The summed E-state index contributed by atoms with van der Waals surface area (Å²) in [6.45, 7) is 2.41. The fourth-order valence-electron chi connectivity index (χ4n) is 3.86. The highest BCUT2D eigenvalue weighted by molar-refractivity contribution is 8.00. The summed E-state index contributed by atoms with van der Waals surface area (Å²) >= 11 is 0.963. The number of alkyl halides is 3. The van der Waals surface area contributed by atoms with E-state index in [-0.39, 0.29) is 24.9 Å². The molecule has 0 spiro atoms. The third-order valence-corrected chi connectivity index (χ3v) is 6.38. The normalized spacial score (nSPS) is 28.5. The molecule has 7 nitrogen and oxygen atoms in total. The summed E-state index contributed by atoms with van der Waals surface area (Å²) in [5, 5.41) is 13.8. The van der Waals surface area contributed by atoms with Gasteiger partial charge in [0.2, 0.25) is 5.56 Å². The van der Waals surface area contributed by atoms with E-state index in [0.29, 0.717) is 5.92 Å². The van der Waals surface area contributed by atoms with E-state index in [1.807, 2.05) is 6.07 Å². The van der Waals surface area contributed by atoms with Gasteiger partial charge in [0.15, 0.2) is 0 Å². The molecule has 0 amide bonds. The van der Waals surface area contributed by atoms with Gasteiger partial charge in [-0.2, -0.15) is 18.4 Å². The molecule has 0 aromatic rings. The number of hydrogen-bond acceptors (Lipinski definition) is 7. The highest BCUT2D eigenvalue weighted by Crippen LogP contribution is 2.33. The first-order chi connectivity index (χ1) is 13.3.